The summed E-state index contributed by atoms with van der Waals surface area (Å²) in [6.07, 6.45) is 2.52. The molecule has 5 nitrogen and oxygen atoms in total. The number of hydrogen-bond donors (Lipinski definition) is 2. The molecule has 90 valence electrons. The first kappa shape index (κ1) is 12.4. The van der Waals surface area contributed by atoms with Gasteiger partial charge in [0.2, 0.25) is 0 Å². The fourth-order valence-electron chi connectivity index (χ4n) is 1.17. The molecule has 1 aromatic carbocycles. The summed E-state index contributed by atoms with van der Waals surface area (Å²) in [5, 5.41) is 0.430. The van der Waals surface area contributed by atoms with Gasteiger partial charge in [0.15, 0.2) is 5.03 Å². The maximum absolute atomic E-state index is 11.9. The van der Waals surface area contributed by atoms with Crippen LogP contribution >= 0.6 is 27.5 Å². The molecule has 0 saturated heterocycles. The highest BCUT2D eigenvalue weighted by Gasteiger charge is 2.16. The number of sulfonamides is 1. The number of aromatic amines is 1. The Labute approximate surface area is 111 Å². The van der Waals surface area contributed by atoms with E-state index in [0.29, 0.717) is 15.2 Å². The van der Waals surface area contributed by atoms with Gasteiger partial charge in [0, 0.05) is 9.50 Å². The van der Waals surface area contributed by atoms with Crippen LogP contribution in [0.3, 0.4) is 0 Å². The summed E-state index contributed by atoms with van der Waals surface area (Å²) in [7, 11) is -3.67. The first-order valence-corrected chi connectivity index (χ1v) is 7.11. The van der Waals surface area contributed by atoms with Gasteiger partial charge in [-0.05, 0) is 34.1 Å². The van der Waals surface area contributed by atoms with E-state index >= 15 is 0 Å². The standard InChI is InChI=1S/C9H7BrClN3O2S/c10-7-2-1-6(11)3-8(7)14-17(15,16)9-4-12-5-13-9/h1-5,14H,(H,12,13). The first-order valence-electron chi connectivity index (χ1n) is 4.45. The number of anilines is 1. The number of hydrogen-bond acceptors (Lipinski definition) is 3. The van der Waals surface area contributed by atoms with Gasteiger partial charge in [-0.15, -0.1) is 0 Å². The molecule has 2 rings (SSSR count). The van der Waals surface area contributed by atoms with Crippen LogP contribution in [-0.2, 0) is 10.0 Å². The zero-order chi connectivity index (χ0) is 12.5. The number of nitrogens with one attached hydrogen (secondary N) is 2. The normalized spacial score (nSPS) is 11.4. The van der Waals surface area contributed by atoms with E-state index in [1.165, 1.54) is 18.6 Å². The van der Waals surface area contributed by atoms with Crippen molar-refractivity contribution in [3.05, 3.63) is 40.2 Å². The first-order chi connectivity index (χ1) is 7.99. The molecular formula is C9H7BrClN3O2S. The van der Waals surface area contributed by atoms with Gasteiger partial charge in [-0.3, -0.25) is 4.72 Å². The zero-order valence-corrected chi connectivity index (χ0v) is 11.5. The Morgan fingerprint density at radius 2 is 2.18 bits per heavy atom. The molecule has 17 heavy (non-hydrogen) atoms. The van der Waals surface area contributed by atoms with Crippen LogP contribution in [0.25, 0.3) is 0 Å². The van der Waals surface area contributed by atoms with Gasteiger partial charge in [0.05, 0.1) is 18.2 Å². The molecule has 0 amide bonds. The van der Waals surface area contributed by atoms with Crippen LogP contribution in [-0.4, -0.2) is 18.4 Å². The summed E-state index contributed by atoms with van der Waals surface area (Å²) >= 11 is 9.03. The average Bonchev–Trinajstić information content (AvgIpc) is 2.77. The smallest absolute Gasteiger partial charge is 0.279 e. The predicted octanol–water partition coefficient (Wildman–Crippen LogP) is 2.63. The zero-order valence-electron chi connectivity index (χ0n) is 8.31. The van der Waals surface area contributed by atoms with E-state index in [0.717, 1.165) is 0 Å². The van der Waals surface area contributed by atoms with Crippen LogP contribution in [0.4, 0.5) is 5.69 Å². The van der Waals surface area contributed by atoms with Crippen LogP contribution in [0.5, 0.6) is 0 Å². The number of benzene rings is 1. The van der Waals surface area contributed by atoms with Crippen molar-refractivity contribution in [2.24, 2.45) is 0 Å². The molecule has 1 aromatic heterocycles. The van der Waals surface area contributed by atoms with E-state index in [-0.39, 0.29) is 5.03 Å². The lowest BCUT2D eigenvalue weighted by molar-refractivity contribution is 0.598. The van der Waals surface area contributed by atoms with Gasteiger partial charge in [-0.25, -0.2) is 4.98 Å². The largest absolute Gasteiger partial charge is 0.334 e. The Morgan fingerprint density at radius 1 is 1.41 bits per heavy atom. The molecule has 0 spiro atoms. The summed E-state index contributed by atoms with van der Waals surface area (Å²) in [5.74, 6) is 0. The SMILES string of the molecule is O=S(=O)(Nc1cc(Cl)ccc1Br)c1cnc[nH]1. The third kappa shape index (κ3) is 2.80. The van der Waals surface area contributed by atoms with Crippen LogP contribution in [0.1, 0.15) is 0 Å². The molecule has 8 heteroatoms. The summed E-state index contributed by atoms with van der Waals surface area (Å²) in [5.41, 5.74) is 0.368. The molecule has 0 aliphatic heterocycles. The summed E-state index contributed by atoms with van der Waals surface area (Å²) in [4.78, 5) is 6.18. The second-order valence-corrected chi connectivity index (χ2v) is 6.09. The van der Waals surface area contributed by atoms with E-state index in [9.17, 15) is 8.42 Å². The van der Waals surface area contributed by atoms with Crippen molar-refractivity contribution in [2.75, 3.05) is 4.72 Å². The maximum atomic E-state index is 11.9. The van der Waals surface area contributed by atoms with Crippen molar-refractivity contribution in [3.8, 4) is 0 Å². The number of imidazole rings is 1. The minimum absolute atomic E-state index is 0.00984. The van der Waals surface area contributed by atoms with Crippen LogP contribution in [0, 0.1) is 0 Å². The Morgan fingerprint density at radius 3 is 2.82 bits per heavy atom. The number of nitrogens with zero attached hydrogens (tertiary/aromatic N) is 1. The van der Waals surface area contributed by atoms with Gasteiger partial charge in [-0.2, -0.15) is 8.42 Å². The number of H-pyrrole nitrogens is 1. The fraction of sp³-hybridized carbons (Fsp3) is 0. The molecule has 0 bridgehead atoms. The Hall–Kier alpha value is -1.05. The molecule has 1 heterocycles. The molecule has 0 fully saturated rings. The van der Waals surface area contributed by atoms with E-state index in [1.807, 2.05) is 0 Å². The Kier molecular flexibility index (Phi) is 3.41. The third-order valence-corrected chi connectivity index (χ3v) is 4.15. The van der Waals surface area contributed by atoms with Crippen LogP contribution in [0.2, 0.25) is 5.02 Å². The highest BCUT2D eigenvalue weighted by Crippen LogP contribution is 2.27. The summed E-state index contributed by atoms with van der Waals surface area (Å²) < 4.78 is 26.8. The van der Waals surface area contributed by atoms with Crippen molar-refractivity contribution in [3.63, 3.8) is 0 Å². The molecule has 2 aromatic rings. The molecule has 2 N–H and O–H groups in total. The van der Waals surface area contributed by atoms with Crippen molar-refractivity contribution in [1.82, 2.24) is 9.97 Å². The van der Waals surface area contributed by atoms with Crippen LogP contribution in [0.15, 0.2) is 40.2 Å². The van der Waals surface area contributed by atoms with Gasteiger partial charge in [0.25, 0.3) is 10.0 Å². The lowest BCUT2D eigenvalue weighted by Gasteiger charge is -2.08. The second-order valence-electron chi connectivity index (χ2n) is 3.15. The lowest BCUT2D eigenvalue weighted by Crippen LogP contribution is -2.13. The Bertz CT molecular complexity index is 628. The number of rotatable bonds is 3. The molecule has 0 saturated carbocycles. The van der Waals surface area contributed by atoms with Gasteiger partial charge in [-0.1, -0.05) is 11.6 Å². The van der Waals surface area contributed by atoms with Crippen molar-refractivity contribution in [1.29, 1.82) is 0 Å². The van der Waals surface area contributed by atoms with Gasteiger partial charge < -0.3 is 4.98 Å². The molecule has 0 aliphatic carbocycles. The summed E-state index contributed by atoms with van der Waals surface area (Å²) in [6.45, 7) is 0. The quantitative estimate of drug-likeness (QED) is 0.905. The van der Waals surface area contributed by atoms with E-state index in [2.05, 4.69) is 30.6 Å². The van der Waals surface area contributed by atoms with E-state index in [1.54, 1.807) is 12.1 Å². The van der Waals surface area contributed by atoms with E-state index < -0.39 is 10.0 Å². The predicted molar refractivity (Wildman–Crippen MR) is 68.5 cm³/mol. The van der Waals surface area contributed by atoms with Crippen molar-refractivity contribution < 1.29 is 8.42 Å². The molecule has 0 aliphatic rings. The topological polar surface area (TPSA) is 74.8 Å². The van der Waals surface area contributed by atoms with Gasteiger partial charge >= 0.3 is 0 Å². The number of aromatic nitrogens is 2. The third-order valence-electron chi connectivity index (χ3n) is 1.94. The monoisotopic (exact) mass is 335 g/mol. The highest BCUT2D eigenvalue weighted by atomic mass is 79.9. The average molecular weight is 337 g/mol. The molecular weight excluding hydrogens is 330 g/mol. The van der Waals surface area contributed by atoms with Crippen LogP contribution < -0.4 is 4.72 Å². The summed E-state index contributed by atoms with van der Waals surface area (Å²) in [6, 6.07) is 4.83. The maximum Gasteiger partial charge on any atom is 0.279 e. The van der Waals surface area contributed by atoms with E-state index in [4.69, 9.17) is 11.6 Å². The lowest BCUT2D eigenvalue weighted by atomic mass is 10.3. The number of halogens is 2. The minimum Gasteiger partial charge on any atom is -0.334 e. The van der Waals surface area contributed by atoms with Crippen molar-refractivity contribution >= 4 is 43.2 Å². The minimum atomic E-state index is -3.67. The van der Waals surface area contributed by atoms with Crippen molar-refractivity contribution in [2.45, 2.75) is 5.03 Å². The molecule has 0 atom stereocenters. The van der Waals surface area contributed by atoms with Gasteiger partial charge in [0.1, 0.15) is 0 Å². The fourth-order valence-corrected chi connectivity index (χ4v) is 2.79. The Balaban J connectivity index is 2.36. The second kappa shape index (κ2) is 4.67. The molecule has 0 radical (unpaired) electrons. The highest BCUT2D eigenvalue weighted by molar-refractivity contribution is 9.10. The molecule has 0 unspecified atom stereocenters.